The first kappa shape index (κ1) is 54.1. The molecular formula is C50H88N2O5. The fraction of sp³-hybridized carbons (Fsp3) is 0.740. The molecule has 2 unspecified atom stereocenters. The number of carboxylic acid groups (broad SMARTS) is 1. The number of nitrogens with one attached hydrogen (secondary N) is 1. The summed E-state index contributed by atoms with van der Waals surface area (Å²) in [7, 11) is 0. The number of ether oxygens (including phenoxy) is 1. The maximum Gasteiger partial charge on any atom is 0.326 e. The van der Waals surface area contributed by atoms with Gasteiger partial charge >= 0.3 is 11.9 Å². The van der Waals surface area contributed by atoms with Crippen molar-refractivity contribution in [1.82, 2.24) is 5.32 Å². The van der Waals surface area contributed by atoms with Gasteiger partial charge in [-0.25, -0.2) is 4.79 Å². The van der Waals surface area contributed by atoms with Gasteiger partial charge in [-0.2, -0.15) is 0 Å². The van der Waals surface area contributed by atoms with Gasteiger partial charge in [-0.1, -0.05) is 165 Å². The van der Waals surface area contributed by atoms with E-state index in [1.165, 1.54) is 89.9 Å². The van der Waals surface area contributed by atoms with E-state index in [-0.39, 0.29) is 18.0 Å². The second-order valence-corrected chi connectivity index (χ2v) is 15.8. The third-order valence-electron chi connectivity index (χ3n) is 10.3. The molecule has 57 heavy (non-hydrogen) atoms. The van der Waals surface area contributed by atoms with Crippen LogP contribution in [0.4, 0.5) is 0 Å². The quantitative estimate of drug-likeness (QED) is 0.0321. The lowest BCUT2D eigenvalue weighted by Gasteiger charge is -2.15. The van der Waals surface area contributed by atoms with Crippen LogP contribution in [0.2, 0.25) is 0 Å². The molecule has 328 valence electrons. The van der Waals surface area contributed by atoms with E-state index in [4.69, 9.17) is 10.5 Å². The predicted molar refractivity (Wildman–Crippen MR) is 243 cm³/mol. The van der Waals surface area contributed by atoms with E-state index >= 15 is 0 Å². The number of carbonyl (C=O) groups excluding carboxylic acids is 2. The van der Waals surface area contributed by atoms with Crippen molar-refractivity contribution in [3.05, 3.63) is 60.8 Å². The number of esters is 1. The number of aliphatic carboxylic acids is 1. The Morgan fingerprint density at radius 3 is 1.49 bits per heavy atom. The number of hydrogen-bond acceptors (Lipinski definition) is 5. The number of nitrogens with two attached hydrogens (primary N) is 1. The molecule has 0 saturated carbocycles. The molecule has 7 heteroatoms. The molecule has 0 fully saturated rings. The SMILES string of the molecule is CCCCCC/C=C\C/C=C\C(CCCCCCCCC(=O)NC(CCCN)C(=O)O)OC(=O)CCCCCCCC/C=C\C/C=C\C/C=C\CCCCCCC. The van der Waals surface area contributed by atoms with Crippen LogP contribution < -0.4 is 11.1 Å². The summed E-state index contributed by atoms with van der Waals surface area (Å²) in [5.74, 6) is -1.30. The summed E-state index contributed by atoms with van der Waals surface area (Å²) in [6.45, 7) is 4.91. The summed E-state index contributed by atoms with van der Waals surface area (Å²) in [6.07, 6.45) is 55.8. The summed E-state index contributed by atoms with van der Waals surface area (Å²) >= 11 is 0. The molecule has 0 aromatic heterocycles. The molecule has 0 saturated heterocycles. The zero-order chi connectivity index (χ0) is 41.7. The minimum absolute atomic E-state index is 0.0874. The summed E-state index contributed by atoms with van der Waals surface area (Å²) in [4.78, 5) is 36.3. The van der Waals surface area contributed by atoms with Crippen molar-refractivity contribution >= 4 is 17.8 Å². The number of rotatable bonds is 42. The van der Waals surface area contributed by atoms with Crippen LogP contribution in [-0.2, 0) is 19.1 Å². The van der Waals surface area contributed by atoms with Crippen LogP contribution in [0.15, 0.2) is 60.8 Å². The number of allylic oxidation sites excluding steroid dienone is 9. The van der Waals surface area contributed by atoms with E-state index in [1.807, 2.05) is 0 Å². The van der Waals surface area contributed by atoms with Crippen LogP contribution in [0.25, 0.3) is 0 Å². The van der Waals surface area contributed by atoms with Crippen molar-refractivity contribution in [1.29, 1.82) is 0 Å². The lowest BCUT2D eigenvalue weighted by atomic mass is 10.0. The van der Waals surface area contributed by atoms with Gasteiger partial charge in [0.15, 0.2) is 0 Å². The van der Waals surface area contributed by atoms with Gasteiger partial charge < -0.3 is 20.9 Å². The first-order valence-corrected chi connectivity index (χ1v) is 23.6. The van der Waals surface area contributed by atoms with Gasteiger partial charge in [0, 0.05) is 12.8 Å². The number of unbranched alkanes of at least 4 members (excludes halogenated alkanes) is 20. The summed E-state index contributed by atoms with van der Waals surface area (Å²) in [6, 6.07) is -0.859. The third kappa shape index (κ3) is 41.0. The summed E-state index contributed by atoms with van der Waals surface area (Å²) < 4.78 is 5.95. The molecule has 0 spiro atoms. The van der Waals surface area contributed by atoms with Crippen molar-refractivity contribution in [3.63, 3.8) is 0 Å². The minimum Gasteiger partial charge on any atom is -0.480 e. The monoisotopic (exact) mass is 797 g/mol. The fourth-order valence-corrected chi connectivity index (χ4v) is 6.70. The van der Waals surface area contributed by atoms with Crippen molar-refractivity contribution in [3.8, 4) is 0 Å². The number of carbonyl (C=O) groups is 3. The molecule has 0 aliphatic rings. The molecule has 2 atom stereocenters. The Hall–Kier alpha value is -2.93. The molecular weight excluding hydrogens is 709 g/mol. The van der Waals surface area contributed by atoms with Gasteiger partial charge in [0.25, 0.3) is 0 Å². The zero-order valence-corrected chi connectivity index (χ0v) is 36.9. The van der Waals surface area contributed by atoms with Gasteiger partial charge in [-0.05, 0) is 109 Å². The van der Waals surface area contributed by atoms with Crippen LogP contribution in [-0.4, -0.2) is 41.6 Å². The average molecular weight is 797 g/mol. The van der Waals surface area contributed by atoms with E-state index in [2.05, 4.69) is 79.9 Å². The smallest absolute Gasteiger partial charge is 0.326 e. The molecule has 0 aliphatic carbocycles. The van der Waals surface area contributed by atoms with Crippen LogP contribution in [0.3, 0.4) is 0 Å². The second kappa shape index (κ2) is 44.2. The molecule has 4 N–H and O–H groups in total. The lowest BCUT2D eigenvalue weighted by Crippen LogP contribution is -2.40. The Morgan fingerprint density at radius 1 is 0.526 bits per heavy atom. The number of carboxylic acids is 1. The second-order valence-electron chi connectivity index (χ2n) is 15.8. The Balaban J connectivity index is 4.26. The van der Waals surface area contributed by atoms with Gasteiger partial charge in [0.1, 0.15) is 12.1 Å². The van der Waals surface area contributed by atoms with E-state index in [0.29, 0.717) is 32.2 Å². The molecule has 0 aliphatic heterocycles. The van der Waals surface area contributed by atoms with E-state index in [9.17, 15) is 19.5 Å². The first-order valence-electron chi connectivity index (χ1n) is 23.6. The highest BCUT2D eigenvalue weighted by Crippen LogP contribution is 2.16. The fourth-order valence-electron chi connectivity index (χ4n) is 6.70. The van der Waals surface area contributed by atoms with Gasteiger partial charge in [-0.3, -0.25) is 9.59 Å². The molecule has 0 rings (SSSR count). The van der Waals surface area contributed by atoms with E-state index < -0.39 is 12.0 Å². The molecule has 0 bridgehead atoms. The molecule has 0 heterocycles. The van der Waals surface area contributed by atoms with Crippen LogP contribution in [0, 0.1) is 0 Å². The van der Waals surface area contributed by atoms with Crippen molar-refractivity contribution < 1.29 is 24.2 Å². The van der Waals surface area contributed by atoms with E-state index in [0.717, 1.165) is 89.9 Å². The Labute approximate surface area is 350 Å². The Morgan fingerprint density at radius 2 is 0.965 bits per heavy atom. The van der Waals surface area contributed by atoms with Gasteiger partial charge in [-0.15, -0.1) is 0 Å². The molecule has 1 amide bonds. The van der Waals surface area contributed by atoms with Crippen molar-refractivity contribution in [2.45, 2.75) is 231 Å². The van der Waals surface area contributed by atoms with Crippen LogP contribution >= 0.6 is 0 Å². The normalized spacial score (nSPS) is 13.2. The predicted octanol–water partition coefficient (Wildman–Crippen LogP) is 13.7. The minimum atomic E-state index is -1.01. The Kier molecular flexibility index (Phi) is 41.9. The largest absolute Gasteiger partial charge is 0.480 e. The zero-order valence-electron chi connectivity index (χ0n) is 36.9. The molecule has 7 nitrogen and oxygen atoms in total. The average Bonchev–Trinajstić information content (AvgIpc) is 3.20. The van der Waals surface area contributed by atoms with Crippen LogP contribution in [0.1, 0.15) is 219 Å². The molecule has 0 aromatic carbocycles. The highest BCUT2D eigenvalue weighted by atomic mass is 16.5. The summed E-state index contributed by atoms with van der Waals surface area (Å²) in [5, 5.41) is 11.9. The number of hydrogen-bond donors (Lipinski definition) is 3. The molecule has 0 radical (unpaired) electrons. The summed E-state index contributed by atoms with van der Waals surface area (Å²) in [5.41, 5.74) is 5.48. The molecule has 0 aromatic rings. The Bertz CT molecular complexity index is 1080. The first-order chi connectivity index (χ1) is 27.9. The topological polar surface area (TPSA) is 119 Å². The highest BCUT2D eigenvalue weighted by Gasteiger charge is 2.18. The van der Waals surface area contributed by atoms with Gasteiger partial charge in [0.2, 0.25) is 5.91 Å². The van der Waals surface area contributed by atoms with Crippen LogP contribution in [0.5, 0.6) is 0 Å². The van der Waals surface area contributed by atoms with Crippen molar-refractivity contribution in [2.75, 3.05) is 6.54 Å². The highest BCUT2D eigenvalue weighted by molar-refractivity contribution is 5.83. The lowest BCUT2D eigenvalue weighted by molar-refractivity contribution is -0.147. The van der Waals surface area contributed by atoms with Crippen molar-refractivity contribution in [2.24, 2.45) is 5.73 Å². The number of amides is 1. The van der Waals surface area contributed by atoms with Gasteiger partial charge in [0.05, 0.1) is 0 Å². The standard InChI is InChI=1S/C50H88N2O5/c1-3-5-7-9-11-13-14-15-16-17-18-19-20-21-22-23-24-26-28-34-38-44-49(54)57-46(40-35-31-27-25-12-10-8-6-4-2)41-36-32-29-30-33-37-43-48(53)52-47(50(55)56)42-39-45-51/h14-15,17-18,20-21,25,27,35,40,46-47H,3-13,16,19,22-24,26,28-34,36-39,41-45,51H2,1-2H3,(H,52,53)(H,55,56)/b15-14-,18-17-,21-20-,27-25-,40-35-. The van der Waals surface area contributed by atoms with E-state index in [1.54, 1.807) is 0 Å². The third-order valence-corrected chi connectivity index (χ3v) is 10.3. The maximum atomic E-state index is 12.8. The maximum absolute atomic E-state index is 12.8.